The number of ketones is 1. The Hall–Kier alpha value is -0.370. The largest absolute Gasteiger partial charge is 0.301 e. The van der Waals surface area contributed by atoms with Crippen molar-refractivity contribution in [2.24, 2.45) is 0 Å². The number of hydrogen-bond acceptors (Lipinski definition) is 2. The second kappa shape index (κ2) is 6.18. The molecule has 0 aromatic heterocycles. The van der Waals surface area contributed by atoms with Crippen LogP contribution in [0.15, 0.2) is 0 Å². The Morgan fingerprint density at radius 1 is 1.29 bits per heavy atom. The Kier molecular flexibility index (Phi) is 6.01. The molecule has 0 rings (SSSR count). The molecule has 0 fully saturated rings. The van der Waals surface area contributed by atoms with E-state index in [0.29, 0.717) is 12.2 Å². The predicted molar refractivity (Wildman–Crippen MR) is 61.5 cm³/mol. The van der Waals surface area contributed by atoms with Crippen LogP contribution in [-0.4, -0.2) is 29.8 Å². The molecule has 0 aliphatic heterocycles. The van der Waals surface area contributed by atoms with Crippen molar-refractivity contribution >= 4 is 5.78 Å². The minimum absolute atomic E-state index is 0.259. The van der Waals surface area contributed by atoms with Crippen LogP contribution in [0.4, 0.5) is 0 Å². The summed E-state index contributed by atoms with van der Waals surface area (Å²) in [6, 6.07) is 0. The summed E-state index contributed by atoms with van der Waals surface area (Å²) in [7, 11) is 2.14. The summed E-state index contributed by atoms with van der Waals surface area (Å²) >= 11 is 0. The van der Waals surface area contributed by atoms with Gasteiger partial charge in [-0.2, -0.15) is 0 Å². The number of hydrogen-bond donors (Lipinski definition) is 0. The van der Waals surface area contributed by atoms with Crippen LogP contribution in [0.25, 0.3) is 0 Å². The first-order valence-corrected chi connectivity index (χ1v) is 5.67. The van der Waals surface area contributed by atoms with Crippen molar-refractivity contribution in [3.8, 4) is 0 Å². The third-order valence-corrected chi connectivity index (χ3v) is 3.24. The van der Waals surface area contributed by atoms with Crippen LogP contribution in [0.2, 0.25) is 0 Å². The average molecular weight is 199 g/mol. The second-order valence-corrected chi connectivity index (χ2v) is 4.58. The third kappa shape index (κ3) is 4.75. The summed E-state index contributed by atoms with van der Waals surface area (Å²) in [5, 5.41) is 0. The van der Waals surface area contributed by atoms with E-state index >= 15 is 0 Å². The van der Waals surface area contributed by atoms with Crippen molar-refractivity contribution < 1.29 is 4.79 Å². The van der Waals surface area contributed by atoms with Gasteiger partial charge < -0.3 is 4.90 Å². The molecular weight excluding hydrogens is 174 g/mol. The van der Waals surface area contributed by atoms with Crippen LogP contribution in [-0.2, 0) is 4.79 Å². The molecule has 0 N–H and O–H groups in total. The fraction of sp³-hybridized carbons (Fsp3) is 0.917. The highest BCUT2D eigenvalue weighted by Gasteiger charge is 2.20. The molecule has 14 heavy (non-hydrogen) atoms. The van der Waals surface area contributed by atoms with Gasteiger partial charge >= 0.3 is 0 Å². The molecule has 0 atom stereocenters. The maximum Gasteiger partial charge on any atom is 0.132 e. The number of rotatable bonds is 7. The highest BCUT2D eigenvalue weighted by atomic mass is 16.1. The predicted octanol–water partition coefficient (Wildman–Crippen LogP) is 2.87. The van der Waals surface area contributed by atoms with E-state index in [2.05, 4.69) is 32.7 Å². The maximum absolute atomic E-state index is 11.1. The van der Waals surface area contributed by atoms with Gasteiger partial charge in [-0.3, -0.25) is 4.79 Å². The fourth-order valence-electron chi connectivity index (χ4n) is 1.26. The molecule has 0 amide bonds. The van der Waals surface area contributed by atoms with Crippen LogP contribution in [0, 0.1) is 0 Å². The molecule has 0 spiro atoms. The first kappa shape index (κ1) is 13.6. The van der Waals surface area contributed by atoms with E-state index in [9.17, 15) is 4.79 Å². The number of carbonyl (C=O) groups excluding carboxylic acids is 1. The summed E-state index contributed by atoms with van der Waals surface area (Å²) in [5.41, 5.74) is 0.259. The van der Waals surface area contributed by atoms with Gasteiger partial charge in [0.2, 0.25) is 0 Å². The summed E-state index contributed by atoms with van der Waals surface area (Å²) in [6.07, 6.45) is 3.55. The van der Waals surface area contributed by atoms with Crippen LogP contribution < -0.4 is 0 Å². The van der Waals surface area contributed by atoms with E-state index in [1.165, 1.54) is 0 Å². The zero-order valence-electron chi connectivity index (χ0n) is 10.4. The molecule has 0 aliphatic rings. The fourth-order valence-corrected chi connectivity index (χ4v) is 1.26. The van der Waals surface area contributed by atoms with Crippen LogP contribution in [0.3, 0.4) is 0 Å². The van der Waals surface area contributed by atoms with E-state index in [0.717, 1.165) is 25.8 Å². The lowest BCUT2D eigenvalue weighted by Gasteiger charge is -2.34. The van der Waals surface area contributed by atoms with Gasteiger partial charge in [0.25, 0.3) is 0 Å². The van der Waals surface area contributed by atoms with E-state index < -0.39 is 0 Å². The number of Topliss-reactive ketones (excluding diaryl/α,β-unsaturated/α-hetero) is 1. The number of carbonyl (C=O) groups is 1. The zero-order valence-corrected chi connectivity index (χ0v) is 10.4. The van der Waals surface area contributed by atoms with Crippen LogP contribution in [0.5, 0.6) is 0 Å². The van der Waals surface area contributed by atoms with E-state index in [1.807, 2.05) is 6.92 Å². The molecule has 84 valence electrons. The lowest BCUT2D eigenvalue weighted by atomic mass is 9.99. The average Bonchev–Trinajstić information content (AvgIpc) is 2.17. The minimum Gasteiger partial charge on any atom is -0.301 e. The topological polar surface area (TPSA) is 20.3 Å². The lowest BCUT2D eigenvalue weighted by molar-refractivity contribution is -0.118. The first-order chi connectivity index (χ1) is 6.44. The highest BCUT2D eigenvalue weighted by Crippen LogP contribution is 2.16. The SMILES string of the molecule is CCC(=O)CCCN(C)C(C)(C)CC. The molecule has 2 heteroatoms. The van der Waals surface area contributed by atoms with Crippen molar-refractivity contribution in [1.82, 2.24) is 4.90 Å². The number of nitrogens with zero attached hydrogens (tertiary/aromatic N) is 1. The van der Waals surface area contributed by atoms with Crippen LogP contribution in [0.1, 0.15) is 53.4 Å². The Labute approximate surface area is 88.7 Å². The van der Waals surface area contributed by atoms with E-state index in [4.69, 9.17) is 0 Å². The summed E-state index contributed by atoms with van der Waals surface area (Å²) in [6.45, 7) is 9.64. The minimum atomic E-state index is 0.259. The van der Waals surface area contributed by atoms with Crippen molar-refractivity contribution in [2.45, 2.75) is 58.9 Å². The molecule has 0 saturated heterocycles. The van der Waals surface area contributed by atoms with Gasteiger partial charge in [0.1, 0.15) is 5.78 Å². The van der Waals surface area contributed by atoms with Crippen molar-refractivity contribution in [2.75, 3.05) is 13.6 Å². The summed E-state index contributed by atoms with van der Waals surface area (Å²) < 4.78 is 0. The lowest BCUT2D eigenvalue weighted by Crippen LogP contribution is -2.41. The quantitative estimate of drug-likeness (QED) is 0.628. The summed E-state index contributed by atoms with van der Waals surface area (Å²) in [5.74, 6) is 0.382. The van der Waals surface area contributed by atoms with Crippen LogP contribution >= 0.6 is 0 Å². The van der Waals surface area contributed by atoms with Gasteiger partial charge in [-0.1, -0.05) is 13.8 Å². The Bertz CT molecular complexity index is 175. The second-order valence-electron chi connectivity index (χ2n) is 4.58. The Morgan fingerprint density at radius 3 is 2.29 bits per heavy atom. The Balaban J connectivity index is 3.74. The molecular formula is C12H25NO. The van der Waals surface area contributed by atoms with Gasteiger partial charge in [0, 0.05) is 18.4 Å². The monoisotopic (exact) mass is 199 g/mol. The molecule has 0 heterocycles. The Morgan fingerprint density at radius 2 is 1.86 bits per heavy atom. The van der Waals surface area contributed by atoms with Gasteiger partial charge in [-0.05, 0) is 40.3 Å². The first-order valence-electron chi connectivity index (χ1n) is 5.67. The van der Waals surface area contributed by atoms with Gasteiger partial charge in [0.05, 0.1) is 0 Å². The zero-order chi connectivity index (χ0) is 11.2. The molecule has 0 aromatic rings. The molecule has 0 aromatic carbocycles. The molecule has 0 radical (unpaired) electrons. The normalized spacial score (nSPS) is 12.1. The molecule has 0 saturated carbocycles. The smallest absolute Gasteiger partial charge is 0.132 e. The summed E-state index contributed by atoms with van der Waals surface area (Å²) in [4.78, 5) is 13.4. The maximum atomic E-state index is 11.1. The molecule has 2 nitrogen and oxygen atoms in total. The third-order valence-electron chi connectivity index (χ3n) is 3.24. The van der Waals surface area contributed by atoms with E-state index in [-0.39, 0.29) is 5.54 Å². The van der Waals surface area contributed by atoms with Gasteiger partial charge in [-0.25, -0.2) is 0 Å². The molecule has 0 aliphatic carbocycles. The van der Waals surface area contributed by atoms with Crippen molar-refractivity contribution in [3.05, 3.63) is 0 Å². The molecule has 0 unspecified atom stereocenters. The van der Waals surface area contributed by atoms with E-state index in [1.54, 1.807) is 0 Å². The van der Waals surface area contributed by atoms with Crippen molar-refractivity contribution in [1.29, 1.82) is 0 Å². The standard InChI is InChI=1S/C12H25NO/c1-6-11(14)9-8-10-13(5)12(3,4)7-2/h6-10H2,1-5H3. The molecule has 0 bridgehead atoms. The van der Waals surface area contributed by atoms with Gasteiger partial charge in [-0.15, -0.1) is 0 Å². The van der Waals surface area contributed by atoms with Crippen molar-refractivity contribution in [3.63, 3.8) is 0 Å². The van der Waals surface area contributed by atoms with Gasteiger partial charge in [0.15, 0.2) is 0 Å². The highest BCUT2D eigenvalue weighted by molar-refractivity contribution is 5.77.